The molecule has 4 aromatic carbocycles. The number of benzene rings is 4. The van der Waals surface area contributed by atoms with Crippen molar-refractivity contribution >= 4 is 29.4 Å². The Balaban J connectivity index is 1.33. The van der Waals surface area contributed by atoms with Crippen molar-refractivity contribution in [1.82, 2.24) is 0 Å². The summed E-state index contributed by atoms with van der Waals surface area (Å²) >= 11 is 5.86. The predicted octanol–water partition coefficient (Wildman–Crippen LogP) is 6.84. The Morgan fingerprint density at radius 2 is 1.52 bits per heavy atom. The fourth-order valence-electron chi connectivity index (χ4n) is 3.54. The van der Waals surface area contributed by atoms with E-state index in [1.165, 1.54) is 0 Å². The second kappa shape index (κ2) is 8.77. The van der Waals surface area contributed by atoms with E-state index in [1.807, 2.05) is 54.6 Å². The van der Waals surface area contributed by atoms with Gasteiger partial charge in [-0.3, -0.25) is 4.79 Å². The molecule has 5 rings (SSSR count). The molecule has 0 fully saturated rings. The van der Waals surface area contributed by atoms with Crippen LogP contribution >= 0.6 is 11.6 Å². The standard InChI is InChI=1S/C28H17ClO4/c29-22-12-10-21(11-13-22)28(31)32-23-14-15-24-25(17-23)33-26(27(24)30)16-18-6-8-20(9-7-18)19-4-2-1-3-5-19/h1-17H/b26-16-. The van der Waals surface area contributed by atoms with Crippen LogP contribution in [0.25, 0.3) is 17.2 Å². The minimum absolute atomic E-state index is 0.215. The number of ether oxygens (including phenoxy) is 2. The zero-order valence-electron chi connectivity index (χ0n) is 17.3. The molecule has 0 unspecified atom stereocenters. The third-order valence-electron chi connectivity index (χ3n) is 5.25. The molecule has 0 aromatic heterocycles. The molecule has 0 aliphatic carbocycles. The van der Waals surface area contributed by atoms with Gasteiger partial charge in [0.15, 0.2) is 5.76 Å². The van der Waals surface area contributed by atoms with Gasteiger partial charge in [0, 0.05) is 11.1 Å². The molecular formula is C28H17ClO4. The Morgan fingerprint density at radius 3 is 2.24 bits per heavy atom. The van der Waals surface area contributed by atoms with E-state index in [0.717, 1.165) is 16.7 Å². The van der Waals surface area contributed by atoms with Crippen molar-refractivity contribution in [3.63, 3.8) is 0 Å². The van der Waals surface area contributed by atoms with Gasteiger partial charge >= 0.3 is 5.97 Å². The van der Waals surface area contributed by atoms with E-state index in [-0.39, 0.29) is 17.3 Å². The van der Waals surface area contributed by atoms with Gasteiger partial charge in [-0.25, -0.2) is 4.79 Å². The van der Waals surface area contributed by atoms with Crippen LogP contribution in [-0.4, -0.2) is 11.8 Å². The van der Waals surface area contributed by atoms with Gasteiger partial charge in [0.25, 0.3) is 0 Å². The summed E-state index contributed by atoms with van der Waals surface area (Å²) in [4.78, 5) is 25.1. The summed E-state index contributed by atoms with van der Waals surface area (Å²) in [5.74, 6) is 0.125. The van der Waals surface area contributed by atoms with Crippen LogP contribution < -0.4 is 9.47 Å². The van der Waals surface area contributed by atoms with E-state index in [4.69, 9.17) is 21.1 Å². The van der Waals surface area contributed by atoms with Gasteiger partial charge in [0.1, 0.15) is 11.5 Å². The molecule has 160 valence electrons. The van der Waals surface area contributed by atoms with Crippen LogP contribution in [0.15, 0.2) is 103 Å². The van der Waals surface area contributed by atoms with Gasteiger partial charge in [-0.05, 0) is 59.2 Å². The number of Topliss-reactive ketones (excluding diaryl/α,β-unsaturated/α-hetero) is 1. The number of esters is 1. The maximum Gasteiger partial charge on any atom is 0.343 e. The van der Waals surface area contributed by atoms with E-state index in [2.05, 4.69) is 0 Å². The Morgan fingerprint density at radius 1 is 0.818 bits per heavy atom. The van der Waals surface area contributed by atoms with Crippen molar-refractivity contribution in [2.45, 2.75) is 0 Å². The lowest BCUT2D eigenvalue weighted by molar-refractivity contribution is 0.0734. The molecule has 0 N–H and O–H groups in total. The second-order valence-corrected chi connectivity index (χ2v) is 7.92. The van der Waals surface area contributed by atoms with Gasteiger partial charge < -0.3 is 9.47 Å². The van der Waals surface area contributed by atoms with E-state index >= 15 is 0 Å². The highest BCUT2D eigenvalue weighted by Gasteiger charge is 2.28. The smallest absolute Gasteiger partial charge is 0.343 e. The van der Waals surface area contributed by atoms with E-state index in [0.29, 0.717) is 21.9 Å². The van der Waals surface area contributed by atoms with Crippen LogP contribution in [0.2, 0.25) is 5.02 Å². The van der Waals surface area contributed by atoms with Gasteiger partial charge in [-0.15, -0.1) is 0 Å². The quantitative estimate of drug-likeness (QED) is 0.193. The summed E-state index contributed by atoms with van der Waals surface area (Å²) in [6.45, 7) is 0. The number of rotatable bonds is 4. The molecule has 0 atom stereocenters. The normalized spacial score (nSPS) is 13.5. The fourth-order valence-corrected chi connectivity index (χ4v) is 3.66. The third kappa shape index (κ3) is 4.43. The van der Waals surface area contributed by atoms with Gasteiger partial charge in [-0.1, -0.05) is 66.2 Å². The first-order chi connectivity index (χ1) is 16.1. The molecule has 5 heteroatoms. The summed E-state index contributed by atoms with van der Waals surface area (Å²) in [5.41, 5.74) is 3.86. The first kappa shape index (κ1) is 20.7. The van der Waals surface area contributed by atoms with E-state index in [9.17, 15) is 9.59 Å². The molecule has 0 bridgehead atoms. The maximum atomic E-state index is 12.8. The van der Waals surface area contributed by atoms with Gasteiger partial charge in [0.2, 0.25) is 5.78 Å². The molecule has 1 aliphatic heterocycles. The van der Waals surface area contributed by atoms with Crippen molar-refractivity contribution in [3.8, 4) is 22.6 Å². The molecule has 0 saturated carbocycles. The van der Waals surface area contributed by atoms with Crippen molar-refractivity contribution in [1.29, 1.82) is 0 Å². The summed E-state index contributed by atoms with van der Waals surface area (Å²) in [7, 11) is 0. The number of hydrogen-bond donors (Lipinski definition) is 0. The number of fused-ring (bicyclic) bond motifs is 1. The summed E-state index contributed by atoms with van der Waals surface area (Å²) in [6, 6.07) is 29.1. The second-order valence-electron chi connectivity index (χ2n) is 7.48. The highest BCUT2D eigenvalue weighted by molar-refractivity contribution is 6.30. The van der Waals surface area contributed by atoms with Crippen LogP contribution in [0, 0.1) is 0 Å². The molecule has 4 nitrogen and oxygen atoms in total. The monoisotopic (exact) mass is 452 g/mol. The Labute approximate surface area is 195 Å². The number of carbonyl (C=O) groups is 2. The van der Waals surface area contributed by atoms with Gasteiger partial charge in [0.05, 0.1) is 11.1 Å². The highest BCUT2D eigenvalue weighted by atomic mass is 35.5. The predicted molar refractivity (Wildman–Crippen MR) is 128 cm³/mol. The first-order valence-corrected chi connectivity index (χ1v) is 10.7. The lowest BCUT2D eigenvalue weighted by Gasteiger charge is -2.06. The first-order valence-electron chi connectivity index (χ1n) is 10.3. The van der Waals surface area contributed by atoms with Crippen molar-refractivity contribution in [2.24, 2.45) is 0 Å². The number of allylic oxidation sites excluding steroid dienone is 1. The molecule has 0 amide bonds. The fraction of sp³-hybridized carbons (Fsp3) is 0. The van der Waals surface area contributed by atoms with Crippen molar-refractivity contribution in [3.05, 3.63) is 125 Å². The third-order valence-corrected chi connectivity index (χ3v) is 5.50. The zero-order chi connectivity index (χ0) is 22.8. The minimum Gasteiger partial charge on any atom is -0.452 e. The SMILES string of the molecule is O=C(Oc1ccc2c(c1)O/C(=C\c1ccc(-c3ccccc3)cc1)C2=O)c1ccc(Cl)cc1. The van der Waals surface area contributed by atoms with Crippen LogP contribution in [0.5, 0.6) is 11.5 Å². The van der Waals surface area contributed by atoms with Crippen LogP contribution in [0.3, 0.4) is 0 Å². The Hall–Kier alpha value is -4.15. The molecule has 0 spiro atoms. The molecule has 1 heterocycles. The Kier molecular flexibility index (Phi) is 5.51. The summed E-state index contributed by atoms with van der Waals surface area (Å²) in [5, 5.41) is 0.532. The molecule has 0 saturated heterocycles. The average molecular weight is 453 g/mol. The summed E-state index contributed by atoms with van der Waals surface area (Å²) in [6.07, 6.45) is 1.70. The molecule has 0 radical (unpaired) electrons. The lowest BCUT2D eigenvalue weighted by atomic mass is 10.0. The number of hydrogen-bond acceptors (Lipinski definition) is 4. The molecule has 1 aliphatic rings. The van der Waals surface area contributed by atoms with Crippen molar-refractivity contribution in [2.75, 3.05) is 0 Å². The topological polar surface area (TPSA) is 52.6 Å². The summed E-state index contributed by atoms with van der Waals surface area (Å²) < 4.78 is 11.2. The number of carbonyl (C=O) groups excluding carboxylic acids is 2. The number of halogens is 1. The van der Waals surface area contributed by atoms with Gasteiger partial charge in [-0.2, -0.15) is 0 Å². The van der Waals surface area contributed by atoms with Crippen LogP contribution in [-0.2, 0) is 0 Å². The van der Waals surface area contributed by atoms with E-state index < -0.39 is 5.97 Å². The van der Waals surface area contributed by atoms with Crippen molar-refractivity contribution < 1.29 is 19.1 Å². The van der Waals surface area contributed by atoms with Crippen LogP contribution in [0.1, 0.15) is 26.3 Å². The zero-order valence-corrected chi connectivity index (χ0v) is 18.1. The largest absolute Gasteiger partial charge is 0.452 e. The Bertz CT molecular complexity index is 1370. The van der Waals surface area contributed by atoms with E-state index in [1.54, 1.807) is 48.5 Å². The van der Waals surface area contributed by atoms with Crippen LogP contribution in [0.4, 0.5) is 0 Å². The maximum absolute atomic E-state index is 12.8. The lowest BCUT2D eigenvalue weighted by Crippen LogP contribution is -2.08. The number of ketones is 1. The minimum atomic E-state index is -0.523. The molecule has 33 heavy (non-hydrogen) atoms. The highest BCUT2D eigenvalue weighted by Crippen LogP contribution is 2.35. The average Bonchev–Trinajstić information content (AvgIpc) is 3.15. The molecule has 4 aromatic rings. The molecular weight excluding hydrogens is 436 g/mol.